The average molecular weight is 998 g/mol. The maximum absolute atomic E-state index is 12.8. The van der Waals surface area contributed by atoms with Crippen LogP contribution in [0.25, 0.3) is 0 Å². The van der Waals surface area contributed by atoms with Crippen molar-refractivity contribution < 1.29 is 42.9 Å². The summed E-state index contributed by atoms with van der Waals surface area (Å²) in [5.74, 6) is -2.04. The van der Waals surface area contributed by atoms with E-state index in [4.69, 9.17) is 18.9 Å². The largest absolute Gasteiger partial charge is 0.477 e. The Morgan fingerprint density at radius 1 is 0.437 bits per heavy atom. The lowest BCUT2D eigenvalue weighted by molar-refractivity contribution is -0.870. The number of rotatable bonds is 53. The van der Waals surface area contributed by atoms with Gasteiger partial charge >= 0.3 is 17.9 Å². The zero-order valence-electron chi connectivity index (χ0n) is 46.6. The third-order valence-corrected chi connectivity index (χ3v) is 12.4. The van der Waals surface area contributed by atoms with Crippen LogP contribution in [0, 0.1) is 0 Å². The van der Waals surface area contributed by atoms with Gasteiger partial charge in [-0.1, -0.05) is 222 Å². The summed E-state index contributed by atoms with van der Waals surface area (Å²) in [6.45, 7) is 4.73. The van der Waals surface area contributed by atoms with Crippen molar-refractivity contribution in [2.75, 3.05) is 47.5 Å². The molecule has 0 saturated carbocycles. The van der Waals surface area contributed by atoms with Gasteiger partial charge in [-0.15, -0.1) is 0 Å². The van der Waals surface area contributed by atoms with E-state index in [2.05, 4.69) is 86.8 Å². The van der Waals surface area contributed by atoms with E-state index in [1.54, 1.807) is 0 Å². The molecule has 2 unspecified atom stereocenters. The molecule has 410 valence electrons. The Hall–Kier alpha value is -3.27. The number of carboxylic acid groups (broad SMARTS) is 1. The van der Waals surface area contributed by atoms with Crippen molar-refractivity contribution in [3.8, 4) is 0 Å². The van der Waals surface area contributed by atoms with Crippen LogP contribution in [0.2, 0.25) is 0 Å². The van der Waals surface area contributed by atoms with Crippen LogP contribution in [0.4, 0.5) is 0 Å². The molecular formula is C62H110NO8+. The molecule has 0 aliphatic carbocycles. The summed E-state index contributed by atoms with van der Waals surface area (Å²) in [4.78, 5) is 37.4. The lowest BCUT2D eigenvalue weighted by atomic mass is 10.0. The van der Waals surface area contributed by atoms with Crippen molar-refractivity contribution in [3.63, 3.8) is 0 Å². The minimum absolute atomic E-state index is 0.180. The maximum atomic E-state index is 12.8. The molecule has 0 aromatic rings. The third-order valence-electron chi connectivity index (χ3n) is 12.4. The van der Waals surface area contributed by atoms with Gasteiger partial charge in [0.2, 0.25) is 0 Å². The molecule has 0 saturated heterocycles. The van der Waals surface area contributed by atoms with E-state index in [0.29, 0.717) is 23.9 Å². The van der Waals surface area contributed by atoms with E-state index in [1.165, 1.54) is 135 Å². The molecule has 0 rings (SSSR count). The summed E-state index contributed by atoms with van der Waals surface area (Å²) in [6.07, 6.45) is 65.6. The van der Waals surface area contributed by atoms with Gasteiger partial charge < -0.3 is 28.5 Å². The number of quaternary nitrogens is 1. The second-order valence-corrected chi connectivity index (χ2v) is 20.6. The molecule has 0 aliphatic heterocycles. The molecule has 0 aliphatic rings. The lowest BCUT2D eigenvalue weighted by Crippen LogP contribution is -2.40. The predicted molar refractivity (Wildman–Crippen MR) is 299 cm³/mol. The first-order valence-corrected chi connectivity index (χ1v) is 29.1. The first-order chi connectivity index (χ1) is 34.6. The van der Waals surface area contributed by atoms with Gasteiger partial charge in [-0.05, 0) is 83.5 Å². The summed E-state index contributed by atoms with van der Waals surface area (Å²) in [7, 11) is 5.96. The van der Waals surface area contributed by atoms with Crippen molar-refractivity contribution in [1.82, 2.24) is 0 Å². The highest BCUT2D eigenvalue weighted by molar-refractivity contribution is 5.71. The van der Waals surface area contributed by atoms with E-state index in [-0.39, 0.29) is 32.2 Å². The van der Waals surface area contributed by atoms with Crippen molar-refractivity contribution >= 4 is 17.9 Å². The second kappa shape index (κ2) is 53.0. The van der Waals surface area contributed by atoms with Gasteiger partial charge in [0.05, 0.1) is 34.4 Å². The number of allylic oxidation sites excluding steroid dienone is 12. The van der Waals surface area contributed by atoms with Crippen LogP contribution in [0.3, 0.4) is 0 Å². The molecule has 0 heterocycles. The Balaban J connectivity index is 4.19. The number of unbranched alkanes of at least 4 members (excludes halogenated alkanes) is 26. The topological polar surface area (TPSA) is 108 Å². The molecule has 0 bridgehead atoms. The fourth-order valence-corrected chi connectivity index (χ4v) is 7.98. The fourth-order valence-electron chi connectivity index (χ4n) is 7.98. The average Bonchev–Trinajstić information content (AvgIpc) is 3.34. The molecule has 71 heavy (non-hydrogen) atoms. The highest BCUT2D eigenvalue weighted by atomic mass is 16.7. The molecule has 0 radical (unpaired) electrons. The van der Waals surface area contributed by atoms with Crippen LogP contribution >= 0.6 is 0 Å². The fraction of sp³-hybridized carbons (Fsp3) is 0.758. The number of nitrogens with zero attached hydrogens (tertiary/aromatic N) is 1. The molecule has 0 fully saturated rings. The Bertz CT molecular complexity index is 1390. The number of esters is 2. The molecule has 0 aromatic heterocycles. The molecule has 0 amide bonds. The zero-order chi connectivity index (χ0) is 52.0. The minimum Gasteiger partial charge on any atom is -0.477 e. The van der Waals surface area contributed by atoms with Crippen molar-refractivity contribution in [2.45, 2.75) is 257 Å². The Morgan fingerprint density at radius 3 is 1.20 bits per heavy atom. The summed E-state index contributed by atoms with van der Waals surface area (Å²) in [5, 5.41) is 9.69. The van der Waals surface area contributed by atoms with Crippen molar-refractivity contribution in [1.29, 1.82) is 0 Å². The van der Waals surface area contributed by atoms with E-state index >= 15 is 0 Å². The molecular weight excluding hydrogens is 887 g/mol. The van der Waals surface area contributed by atoms with Crippen LogP contribution in [0.1, 0.15) is 245 Å². The standard InChI is InChI=1S/C62H109NO8/c1-6-8-10-12-14-16-18-20-22-24-25-26-27-28-29-30-31-32-33-34-35-37-38-40-42-44-46-48-50-52-59(64)69-56-58(57-70-62(61(66)67)68-55-54-63(3,4)5)71-60(65)53-51-49-47-45-43-41-39-36-23-21-19-17-15-13-11-9-7-2/h9,11,15,17-18,20-21,23-25,39,41,58,62H,6-8,10,12-14,16,19,22,26-38,40,42-57H2,1-5H3/p+1/b11-9-,17-15-,20-18-,23-21-,25-24-,41-39-. The van der Waals surface area contributed by atoms with Crippen LogP contribution < -0.4 is 0 Å². The van der Waals surface area contributed by atoms with Crippen LogP contribution in [-0.2, 0) is 33.3 Å². The number of carboxylic acids is 1. The van der Waals surface area contributed by atoms with Crippen molar-refractivity contribution in [2.24, 2.45) is 0 Å². The number of ether oxygens (including phenoxy) is 4. The maximum Gasteiger partial charge on any atom is 0.361 e. The first kappa shape index (κ1) is 67.7. The van der Waals surface area contributed by atoms with Gasteiger partial charge in [0.15, 0.2) is 6.10 Å². The smallest absolute Gasteiger partial charge is 0.361 e. The molecule has 0 spiro atoms. The monoisotopic (exact) mass is 997 g/mol. The van der Waals surface area contributed by atoms with Gasteiger partial charge in [0, 0.05) is 12.8 Å². The number of hydrogen-bond acceptors (Lipinski definition) is 7. The second-order valence-electron chi connectivity index (χ2n) is 20.6. The Morgan fingerprint density at radius 2 is 0.803 bits per heavy atom. The van der Waals surface area contributed by atoms with Gasteiger partial charge in [-0.3, -0.25) is 9.59 Å². The summed E-state index contributed by atoms with van der Waals surface area (Å²) >= 11 is 0. The minimum atomic E-state index is -1.52. The van der Waals surface area contributed by atoms with Gasteiger partial charge in [0.1, 0.15) is 13.2 Å². The number of carbonyl (C=O) groups excluding carboxylic acids is 2. The SMILES string of the molecule is CC/C=C\C/C=C\C/C=C\C/C=C\CCCCCCC(=O)OC(COC(=O)CCCCCCCCCCCCCCCCCCC/C=C\C/C=C\CCCCCCC)COC(OCC[N+](C)(C)C)C(=O)O. The lowest BCUT2D eigenvalue weighted by Gasteiger charge is -2.25. The quantitative estimate of drug-likeness (QED) is 0.0211. The van der Waals surface area contributed by atoms with Gasteiger partial charge in [-0.2, -0.15) is 0 Å². The van der Waals surface area contributed by atoms with E-state index < -0.39 is 24.3 Å². The van der Waals surface area contributed by atoms with Crippen LogP contribution in [-0.4, -0.2) is 87.4 Å². The van der Waals surface area contributed by atoms with Crippen LogP contribution in [0.5, 0.6) is 0 Å². The van der Waals surface area contributed by atoms with E-state index in [9.17, 15) is 19.5 Å². The molecule has 0 aromatic carbocycles. The van der Waals surface area contributed by atoms with E-state index in [0.717, 1.165) is 77.0 Å². The Kier molecular flexibility index (Phi) is 50.6. The summed E-state index contributed by atoms with van der Waals surface area (Å²) in [5.41, 5.74) is 0. The summed E-state index contributed by atoms with van der Waals surface area (Å²) < 4.78 is 22.8. The summed E-state index contributed by atoms with van der Waals surface area (Å²) in [6, 6.07) is 0. The number of hydrogen-bond donors (Lipinski definition) is 1. The zero-order valence-corrected chi connectivity index (χ0v) is 46.6. The number of likely N-dealkylation sites (N-methyl/N-ethyl adjacent to an activating group) is 1. The van der Waals surface area contributed by atoms with Gasteiger partial charge in [-0.25, -0.2) is 4.79 Å². The van der Waals surface area contributed by atoms with Gasteiger partial charge in [0.25, 0.3) is 6.29 Å². The van der Waals surface area contributed by atoms with Crippen LogP contribution in [0.15, 0.2) is 72.9 Å². The first-order valence-electron chi connectivity index (χ1n) is 29.1. The molecule has 9 nitrogen and oxygen atoms in total. The third kappa shape index (κ3) is 54.3. The Labute approximate surface area is 437 Å². The highest BCUT2D eigenvalue weighted by Gasteiger charge is 2.25. The molecule has 1 N–H and O–H groups in total. The molecule has 2 atom stereocenters. The molecule has 9 heteroatoms. The predicted octanol–water partition coefficient (Wildman–Crippen LogP) is 17.0. The highest BCUT2D eigenvalue weighted by Crippen LogP contribution is 2.16. The number of aliphatic carboxylic acids is 1. The number of carbonyl (C=O) groups is 3. The van der Waals surface area contributed by atoms with E-state index in [1.807, 2.05) is 21.1 Å². The van der Waals surface area contributed by atoms with Crippen molar-refractivity contribution in [3.05, 3.63) is 72.9 Å². The normalized spacial score (nSPS) is 13.3.